The van der Waals surface area contributed by atoms with Gasteiger partial charge in [0.15, 0.2) is 0 Å². The molecule has 0 saturated carbocycles. The highest BCUT2D eigenvalue weighted by atomic mass is 16.3. The third-order valence-corrected chi connectivity index (χ3v) is 4.68. The van der Waals surface area contributed by atoms with Crippen LogP contribution >= 0.6 is 0 Å². The van der Waals surface area contributed by atoms with Crippen molar-refractivity contribution in [2.75, 3.05) is 6.54 Å². The number of hydrogen-bond donors (Lipinski definition) is 1. The molecule has 3 aromatic rings. The number of aromatic nitrogens is 2. The lowest BCUT2D eigenvalue weighted by Gasteiger charge is -2.26. The van der Waals surface area contributed by atoms with Crippen molar-refractivity contribution in [3.8, 4) is 0 Å². The van der Waals surface area contributed by atoms with Gasteiger partial charge in [-0.05, 0) is 30.7 Å². The van der Waals surface area contributed by atoms with E-state index in [1.807, 2.05) is 60.1 Å². The summed E-state index contributed by atoms with van der Waals surface area (Å²) in [6, 6.07) is 16.1. The van der Waals surface area contributed by atoms with Crippen molar-refractivity contribution in [2.24, 2.45) is 0 Å². The molecular weight excluding hydrogens is 314 g/mol. The summed E-state index contributed by atoms with van der Waals surface area (Å²) in [6.07, 6.45) is 0.0221. The monoisotopic (exact) mass is 337 g/mol. The number of aliphatic hydroxyl groups is 1. The Kier molecular flexibility index (Phi) is 4.42. The van der Waals surface area contributed by atoms with Crippen molar-refractivity contribution < 1.29 is 9.52 Å². The third-order valence-electron chi connectivity index (χ3n) is 4.68. The lowest BCUT2D eigenvalue weighted by molar-refractivity contribution is 0.170. The van der Waals surface area contributed by atoms with E-state index in [0.717, 1.165) is 54.7 Å². The molecule has 1 aliphatic heterocycles. The van der Waals surface area contributed by atoms with Crippen molar-refractivity contribution in [1.82, 2.24) is 14.7 Å². The fourth-order valence-corrected chi connectivity index (χ4v) is 3.37. The molecule has 0 fully saturated rings. The van der Waals surface area contributed by atoms with Gasteiger partial charge in [0.2, 0.25) is 0 Å². The third kappa shape index (κ3) is 3.67. The molecule has 3 heterocycles. The SMILES string of the molecule is Cc1ccc(CN2CCn3nc([C@H](O)Cc4ccccc4)cc3C2)o1. The van der Waals surface area contributed by atoms with Gasteiger partial charge in [0.05, 0.1) is 24.5 Å². The first kappa shape index (κ1) is 16.1. The Morgan fingerprint density at radius 1 is 1.16 bits per heavy atom. The normalized spacial score (nSPS) is 15.9. The van der Waals surface area contributed by atoms with Crippen molar-refractivity contribution in [3.63, 3.8) is 0 Å². The van der Waals surface area contributed by atoms with E-state index < -0.39 is 6.10 Å². The smallest absolute Gasteiger partial charge is 0.118 e. The topological polar surface area (TPSA) is 54.4 Å². The summed E-state index contributed by atoms with van der Waals surface area (Å²) in [7, 11) is 0. The molecule has 1 aromatic carbocycles. The molecule has 0 spiro atoms. The highest BCUT2D eigenvalue weighted by Gasteiger charge is 2.22. The Labute approximate surface area is 147 Å². The van der Waals surface area contributed by atoms with E-state index in [2.05, 4.69) is 10.00 Å². The molecule has 4 rings (SSSR count). The van der Waals surface area contributed by atoms with Gasteiger partial charge in [-0.15, -0.1) is 0 Å². The summed E-state index contributed by atoms with van der Waals surface area (Å²) in [6.45, 7) is 5.37. The quantitative estimate of drug-likeness (QED) is 0.777. The molecule has 0 unspecified atom stereocenters. The lowest BCUT2D eigenvalue weighted by atomic mass is 10.1. The Morgan fingerprint density at radius 2 is 2.00 bits per heavy atom. The second kappa shape index (κ2) is 6.86. The van der Waals surface area contributed by atoms with Crippen molar-refractivity contribution in [2.45, 2.75) is 39.1 Å². The number of furan rings is 1. The van der Waals surface area contributed by atoms with Gasteiger partial charge in [0, 0.05) is 19.5 Å². The molecule has 1 atom stereocenters. The fraction of sp³-hybridized carbons (Fsp3) is 0.350. The standard InChI is InChI=1S/C20H23N3O2/c1-15-7-8-18(25-15)14-22-9-10-23-17(13-22)12-19(21-23)20(24)11-16-5-3-2-4-6-16/h2-8,12,20,24H,9-11,13-14H2,1H3/t20-/m1/s1. The highest BCUT2D eigenvalue weighted by molar-refractivity contribution is 5.20. The Balaban J connectivity index is 1.43. The Morgan fingerprint density at radius 3 is 2.76 bits per heavy atom. The molecule has 1 N–H and O–H groups in total. The number of aryl methyl sites for hydroxylation is 1. The minimum atomic E-state index is -0.568. The van der Waals surface area contributed by atoms with Crippen LogP contribution in [0.25, 0.3) is 0 Å². The van der Waals surface area contributed by atoms with Crippen LogP contribution in [0.15, 0.2) is 52.9 Å². The number of hydrogen-bond acceptors (Lipinski definition) is 4. The van der Waals surface area contributed by atoms with Crippen molar-refractivity contribution >= 4 is 0 Å². The van der Waals surface area contributed by atoms with Crippen molar-refractivity contribution in [3.05, 3.63) is 77.0 Å². The molecule has 130 valence electrons. The van der Waals surface area contributed by atoms with Gasteiger partial charge < -0.3 is 9.52 Å². The number of nitrogens with zero attached hydrogens (tertiary/aromatic N) is 3. The minimum absolute atomic E-state index is 0.568. The highest BCUT2D eigenvalue weighted by Crippen LogP contribution is 2.22. The van der Waals surface area contributed by atoms with Gasteiger partial charge in [-0.25, -0.2) is 0 Å². The van der Waals surface area contributed by atoms with Gasteiger partial charge in [0.25, 0.3) is 0 Å². The van der Waals surface area contributed by atoms with E-state index >= 15 is 0 Å². The molecule has 1 aliphatic rings. The molecule has 25 heavy (non-hydrogen) atoms. The van der Waals surface area contributed by atoms with Crippen LogP contribution in [-0.4, -0.2) is 26.3 Å². The van der Waals surface area contributed by atoms with Crippen LogP contribution < -0.4 is 0 Å². The van der Waals surface area contributed by atoms with Crippen LogP contribution in [0.4, 0.5) is 0 Å². The molecule has 0 saturated heterocycles. The summed E-state index contributed by atoms with van der Waals surface area (Å²) in [5.41, 5.74) is 3.03. The maximum Gasteiger partial charge on any atom is 0.118 e. The molecule has 5 heteroatoms. The average Bonchev–Trinajstić information content (AvgIpc) is 3.21. The van der Waals surface area contributed by atoms with E-state index in [4.69, 9.17) is 4.42 Å². The minimum Gasteiger partial charge on any atom is -0.465 e. The van der Waals surface area contributed by atoms with Gasteiger partial charge in [-0.2, -0.15) is 5.10 Å². The predicted octanol–water partition coefficient (Wildman–Crippen LogP) is 3.08. The summed E-state index contributed by atoms with van der Waals surface area (Å²) < 4.78 is 7.70. The second-order valence-electron chi connectivity index (χ2n) is 6.71. The van der Waals surface area contributed by atoms with E-state index in [1.165, 1.54) is 0 Å². The van der Waals surface area contributed by atoms with E-state index in [0.29, 0.717) is 6.42 Å². The van der Waals surface area contributed by atoms with Crippen LogP contribution in [0.2, 0.25) is 0 Å². The van der Waals surface area contributed by atoms with Crippen LogP contribution in [0.3, 0.4) is 0 Å². The number of rotatable bonds is 5. The summed E-state index contributed by atoms with van der Waals surface area (Å²) >= 11 is 0. The number of fused-ring (bicyclic) bond motifs is 1. The number of benzene rings is 1. The Bertz CT molecular complexity index is 838. The summed E-state index contributed by atoms with van der Waals surface area (Å²) in [5, 5.41) is 15.1. The van der Waals surface area contributed by atoms with E-state index in [9.17, 15) is 5.11 Å². The summed E-state index contributed by atoms with van der Waals surface area (Å²) in [5.74, 6) is 1.94. The maximum absolute atomic E-state index is 10.5. The van der Waals surface area contributed by atoms with E-state index in [-0.39, 0.29) is 0 Å². The van der Waals surface area contributed by atoms with Gasteiger partial charge >= 0.3 is 0 Å². The van der Waals surface area contributed by atoms with Gasteiger partial charge in [-0.3, -0.25) is 9.58 Å². The van der Waals surface area contributed by atoms with Crippen molar-refractivity contribution in [1.29, 1.82) is 0 Å². The lowest BCUT2D eigenvalue weighted by Crippen LogP contribution is -2.33. The largest absolute Gasteiger partial charge is 0.465 e. The van der Waals surface area contributed by atoms with Gasteiger partial charge in [-0.1, -0.05) is 30.3 Å². The number of aliphatic hydroxyl groups excluding tert-OH is 1. The first-order chi connectivity index (χ1) is 12.2. The average molecular weight is 337 g/mol. The molecule has 0 bridgehead atoms. The first-order valence-corrected chi connectivity index (χ1v) is 8.73. The van der Waals surface area contributed by atoms with Crippen LogP contribution in [0.1, 0.15) is 34.6 Å². The molecule has 5 nitrogen and oxygen atoms in total. The maximum atomic E-state index is 10.5. The fourth-order valence-electron chi connectivity index (χ4n) is 3.37. The molecule has 2 aromatic heterocycles. The summed E-state index contributed by atoms with van der Waals surface area (Å²) in [4.78, 5) is 2.35. The van der Waals surface area contributed by atoms with Crippen LogP contribution in [0, 0.1) is 6.92 Å². The second-order valence-corrected chi connectivity index (χ2v) is 6.71. The first-order valence-electron chi connectivity index (χ1n) is 8.73. The van der Waals surface area contributed by atoms with Crippen LogP contribution in [0.5, 0.6) is 0 Å². The zero-order chi connectivity index (χ0) is 17.2. The molecular formula is C20H23N3O2. The molecule has 0 amide bonds. The van der Waals surface area contributed by atoms with Crippen LogP contribution in [-0.2, 0) is 26.1 Å². The Hall–Kier alpha value is -2.37. The predicted molar refractivity (Wildman–Crippen MR) is 94.9 cm³/mol. The zero-order valence-corrected chi connectivity index (χ0v) is 14.4. The molecule has 0 radical (unpaired) electrons. The molecule has 0 aliphatic carbocycles. The zero-order valence-electron chi connectivity index (χ0n) is 14.4. The van der Waals surface area contributed by atoms with Gasteiger partial charge in [0.1, 0.15) is 17.6 Å². The van der Waals surface area contributed by atoms with E-state index in [1.54, 1.807) is 0 Å².